The van der Waals surface area contributed by atoms with Crippen LogP contribution in [0, 0.1) is 12.3 Å². The Balaban J connectivity index is 2.28. The molecule has 18 heavy (non-hydrogen) atoms. The molecule has 92 valence electrons. The van der Waals surface area contributed by atoms with Crippen molar-refractivity contribution >= 4 is 21.8 Å². The van der Waals surface area contributed by atoms with E-state index >= 15 is 0 Å². The zero-order valence-electron chi connectivity index (χ0n) is 9.64. The van der Waals surface area contributed by atoms with Gasteiger partial charge < -0.3 is 10.5 Å². The Labute approximate surface area is 113 Å². The molecule has 2 rings (SSSR count). The van der Waals surface area contributed by atoms with Crippen LogP contribution in [0.4, 0.5) is 0 Å². The van der Waals surface area contributed by atoms with E-state index in [1.54, 1.807) is 25.1 Å². The highest BCUT2D eigenvalue weighted by Gasteiger charge is 2.06. The lowest BCUT2D eigenvalue weighted by molar-refractivity contribution is 0.440. The summed E-state index contributed by atoms with van der Waals surface area (Å²) in [7, 11) is 0. The number of nitrogens with zero attached hydrogens (tertiary/aromatic N) is 2. The Morgan fingerprint density at radius 1 is 1.28 bits per heavy atom. The second kappa shape index (κ2) is 5.14. The summed E-state index contributed by atoms with van der Waals surface area (Å²) >= 11 is 3.34. The fraction of sp³-hybridized carbons (Fsp3) is 0.0833. The summed E-state index contributed by atoms with van der Waals surface area (Å²) in [5, 5.41) is 7.36. The molecule has 1 aromatic heterocycles. The summed E-state index contributed by atoms with van der Waals surface area (Å²) < 4.78 is 6.47. The van der Waals surface area contributed by atoms with Gasteiger partial charge in [0.1, 0.15) is 17.3 Å². The lowest BCUT2D eigenvalue weighted by atomic mass is 10.3. The van der Waals surface area contributed by atoms with Crippen molar-refractivity contribution in [3.05, 3.63) is 46.2 Å². The van der Waals surface area contributed by atoms with Crippen LogP contribution in [0.2, 0.25) is 0 Å². The van der Waals surface area contributed by atoms with E-state index in [-0.39, 0.29) is 11.8 Å². The molecular weight excluding hydrogens is 296 g/mol. The number of nitrogens with two attached hydrogens (primary N) is 1. The maximum atomic E-state index is 7.36. The number of hydrogen-bond acceptors (Lipinski definition) is 4. The van der Waals surface area contributed by atoms with E-state index in [9.17, 15) is 0 Å². The van der Waals surface area contributed by atoms with Crippen LogP contribution in [-0.4, -0.2) is 15.8 Å². The molecule has 2 aromatic rings. The first-order chi connectivity index (χ1) is 8.54. The van der Waals surface area contributed by atoms with Crippen LogP contribution in [0.1, 0.15) is 11.4 Å². The highest BCUT2D eigenvalue weighted by molar-refractivity contribution is 9.10. The van der Waals surface area contributed by atoms with Crippen LogP contribution in [0.3, 0.4) is 0 Å². The number of aromatic nitrogens is 2. The van der Waals surface area contributed by atoms with Gasteiger partial charge in [0.25, 0.3) is 0 Å². The molecule has 0 aliphatic heterocycles. The molecule has 0 bridgehead atoms. The second-order valence-corrected chi connectivity index (χ2v) is 4.56. The molecule has 0 aliphatic carbocycles. The number of amidine groups is 1. The summed E-state index contributed by atoms with van der Waals surface area (Å²) in [4.78, 5) is 8.19. The number of hydrogen-bond donors (Lipinski definition) is 2. The molecule has 3 N–H and O–H groups in total. The molecule has 0 aliphatic rings. The summed E-state index contributed by atoms with van der Waals surface area (Å²) in [5.74, 6) is 0.513. The number of nitrogens with one attached hydrogen (secondary N) is 1. The van der Waals surface area contributed by atoms with Crippen LogP contribution >= 0.6 is 15.9 Å². The SMILES string of the molecule is Cc1cc(C(=N)N)nc(Oc2ccc(Br)cc2)n1. The average Bonchev–Trinajstić information content (AvgIpc) is 2.31. The average molecular weight is 307 g/mol. The van der Waals surface area contributed by atoms with Gasteiger partial charge >= 0.3 is 6.01 Å². The second-order valence-electron chi connectivity index (χ2n) is 3.65. The van der Waals surface area contributed by atoms with Crippen molar-refractivity contribution < 1.29 is 4.74 Å². The lowest BCUT2D eigenvalue weighted by Gasteiger charge is -2.06. The van der Waals surface area contributed by atoms with Crippen molar-refractivity contribution in [1.82, 2.24) is 9.97 Å². The summed E-state index contributed by atoms with van der Waals surface area (Å²) in [6.45, 7) is 1.79. The van der Waals surface area contributed by atoms with Gasteiger partial charge in [-0.05, 0) is 37.3 Å². The third kappa shape index (κ3) is 3.04. The fourth-order valence-electron chi connectivity index (χ4n) is 1.33. The normalized spacial score (nSPS) is 10.1. The largest absolute Gasteiger partial charge is 0.424 e. The zero-order valence-corrected chi connectivity index (χ0v) is 11.2. The van der Waals surface area contributed by atoms with Crippen LogP contribution in [0.25, 0.3) is 0 Å². The van der Waals surface area contributed by atoms with Crippen molar-refractivity contribution in [1.29, 1.82) is 5.41 Å². The van der Waals surface area contributed by atoms with Gasteiger partial charge in [-0.2, -0.15) is 4.98 Å². The third-order valence-electron chi connectivity index (χ3n) is 2.13. The maximum Gasteiger partial charge on any atom is 0.322 e. The molecule has 1 aromatic carbocycles. The molecule has 0 atom stereocenters. The molecule has 0 radical (unpaired) electrons. The monoisotopic (exact) mass is 306 g/mol. The Bertz CT molecular complexity index is 583. The van der Waals surface area contributed by atoms with Crippen LogP contribution in [0.15, 0.2) is 34.8 Å². The standard InChI is InChI=1S/C12H11BrN4O/c1-7-6-10(11(14)15)17-12(16-7)18-9-4-2-8(13)3-5-9/h2-6H,1H3,(H3,14,15). The summed E-state index contributed by atoms with van der Waals surface area (Å²) in [6.07, 6.45) is 0. The van der Waals surface area contributed by atoms with Gasteiger partial charge in [0.05, 0.1) is 0 Å². The number of rotatable bonds is 3. The minimum Gasteiger partial charge on any atom is -0.424 e. The molecule has 0 unspecified atom stereocenters. The molecule has 0 amide bonds. The highest BCUT2D eigenvalue weighted by atomic mass is 79.9. The van der Waals surface area contributed by atoms with E-state index in [0.29, 0.717) is 17.1 Å². The van der Waals surface area contributed by atoms with Crippen molar-refractivity contribution in [2.24, 2.45) is 5.73 Å². The zero-order chi connectivity index (χ0) is 13.1. The smallest absolute Gasteiger partial charge is 0.322 e. The Kier molecular flexibility index (Phi) is 3.57. The lowest BCUT2D eigenvalue weighted by Crippen LogP contribution is -2.14. The van der Waals surface area contributed by atoms with Crippen LogP contribution in [0.5, 0.6) is 11.8 Å². The van der Waals surface area contributed by atoms with Gasteiger partial charge in [0.15, 0.2) is 0 Å². The van der Waals surface area contributed by atoms with Gasteiger partial charge in [-0.3, -0.25) is 5.41 Å². The van der Waals surface area contributed by atoms with Crippen LogP contribution in [-0.2, 0) is 0 Å². The topological polar surface area (TPSA) is 84.9 Å². The molecular formula is C12H11BrN4O. The van der Waals surface area contributed by atoms with Gasteiger partial charge in [-0.1, -0.05) is 15.9 Å². The number of halogens is 1. The minimum absolute atomic E-state index is 0.110. The number of nitrogen functional groups attached to an aromatic ring is 1. The fourth-order valence-corrected chi connectivity index (χ4v) is 1.60. The predicted molar refractivity (Wildman–Crippen MR) is 72.0 cm³/mol. The molecule has 5 nitrogen and oxygen atoms in total. The molecule has 0 saturated carbocycles. The summed E-state index contributed by atoms with van der Waals surface area (Å²) in [6, 6.07) is 9.12. The number of ether oxygens (including phenoxy) is 1. The van der Waals surface area contributed by atoms with Crippen molar-refractivity contribution in [2.75, 3.05) is 0 Å². The first kappa shape index (κ1) is 12.5. The number of aryl methyl sites for hydroxylation is 1. The van der Waals surface area contributed by atoms with E-state index in [4.69, 9.17) is 15.9 Å². The Morgan fingerprint density at radius 3 is 2.56 bits per heavy atom. The van der Waals surface area contributed by atoms with Crippen molar-refractivity contribution in [3.8, 4) is 11.8 Å². The molecule has 0 fully saturated rings. The van der Waals surface area contributed by atoms with Gasteiger partial charge in [0, 0.05) is 10.2 Å². The van der Waals surface area contributed by atoms with Crippen molar-refractivity contribution in [2.45, 2.75) is 6.92 Å². The number of benzene rings is 1. The van der Waals surface area contributed by atoms with Gasteiger partial charge in [0.2, 0.25) is 0 Å². The molecule has 1 heterocycles. The van der Waals surface area contributed by atoms with E-state index in [2.05, 4.69) is 25.9 Å². The first-order valence-electron chi connectivity index (χ1n) is 5.18. The maximum absolute atomic E-state index is 7.36. The molecule has 0 saturated heterocycles. The Morgan fingerprint density at radius 2 is 1.94 bits per heavy atom. The van der Waals surface area contributed by atoms with E-state index in [1.165, 1.54) is 0 Å². The minimum atomic E-state index is -0.110. The van der Waals surface area contributed by atoms with E-state index in [0.717, 1.165) is 4.47 Å². The molecule has 0 spiro atoms. The first-order valence-corrected chi connectivity index (χ1v) is 5.97. The predicted octanol–water partition coefficient (Wildman–Crippen LogP) is 2.62. The summed E-state index contributed by atoms with van der Waals surface area (Å²) in [5.41, 5.74) is 6.45. The highest BCUT2D eigenvalue weighted by Crippen LogP contribution is 2.20. The van der Waals surface area contributed by atoms with E-state index in [1.807, 2.05) is 12.1 Å². The third-order valence-corrected chi connectivity index (χ3v) is 2.66. The Hall–Kier alpha value is -1.95. The van der Waals surface area contributed by atoms with Gasteiger partial charge in [-0.25, -0.2) is 4.98 Å². The van der Waals surface area contributed by atoms with Crippen LogP contribution < -0.4 is 10.5 Å². The molecule has 6 heteroatoms. The quantitative estimate of drug-likeness (QED) is 0.674. The van der Waals surface area contributed by atoms with E-state index < -0.39 is 0 Å². The van der Waals surface area contributed by atoms with Gasteiger partial charge in [-0.15, -0.1) is 0 Å². The van der Waals surface area contributed by atoms with Crippen molar-refractivity contribution in [3.63, 3.8) is 0 Å².